The zero-order chi connectivity index (χ0) is 23.1. The molecule has 4 rings (SSSR count). The van der Waals surface area contributed by atoms with Gasteiger partial charge < -0.3 is 0 Å². The maximum Gasteiger partial charge on any atom is 0.418 e. The van der Waals surface area contributed by atoms with Crippen molar-refractivity contribution >= 4 is 21.1 Å². The molecule has 0 spiro atoms. The fourth-order valence-electron chi connectivity index (χ4n) is 3.45. The molecule has 32 heavy (non-hydrogen) atoms. The van der Waals surface area contributed by atoms with Gasteiger partial charge in [-0.3, -0.25) is 0 Å². The lowest BCUT2D eigenvalue weighted by Gasteiger charge is -2.12. The molecular weight excluding hydrogens is 439 g/mol. The van der Waals surface area contributed by atoms with E-state index in [9.17, 15) is 21.6 Å². The van der Waals surface area contributed by atoms with E-state index >= 15 is 0 Å². The van der Waals surface area contributed by atoms with E-state index in [0.717, 1.165) is 11.6 Å². The van der Waals surface area contributed by atoms with Crippen molar-refractivity contribution in [1.29, 1.82) is 0 Å². The second kappa shape index (κ2) is 7.99. The summed E-state index contributed by atoms with van der Waals surface area (Å²) < 4.78 is 66.7. The number of alkyl halides is 3. The molecule has 4 aromatic rings. The minimum atomic E-state index is -4.54. The second-order valence-electron chi connectivity index (χ2n) is 7.14. The molecule has 0 atom stereocenters. The Kier molecular flexibility index (Phi) is 5.47. The van der Waals surface area contributed by atoms with Crippen molar-refractivity contribution in [3.8, 4) is 22.4 Å². The minimum absolute atomic E-state index is 0.137. The van der Waals surface area contributed by atoms with Crippen LogP contribution in [0.1, 0.15) is 11.3 Å². The van der Waals surface area contributed by atoms with Crippen LogP contribution in [0.2, 0.25) is 0 Å². The van der Waals surface area contributed by atoms with Crippen molar-refractivity contribution in [1.82, 2.24) is 14.7 Å². The summed E-state index contributed by atoms with van der Waals surface area (Å²) in [6.07, 6.45) is -4.54. The Morgan fingerprint density at radius 2 is 1.50 bits per heavy atom. The highest BCUT2D eigenvalue weighted by Gasteiger charge is 2.33. The van der Waals surface area contributed by atoms with Crippen LogP contribution >= 0.6 is 0 Å². The Hall–Kier alpha value is -3.30. The minimum Gasteiger partial charge on any atom is -0.249 e. The molecule has 0 aliphatic rings. The first-order valence-electron chi connectivity index (χ1n) is 9.59. The van der Waals surface area contributed by atoms with Gasteiger partial charge >= 0.3 is 6.18 Å². The zero-order valence-electron chi connectivity index (χ0n) is 17.1. The van der Waals surface area contributed by atoms with Gasteiger partial charge in [0.05, 0.1) is 27.4 Å². The predicted molar refractivity (Wildman–Crippen MR) is 116 cm³/mol. The first-order chi connectivity index (χ1) is 15.1. The smallest absolute Gasteiger partial charge is 0.249 e. The predicted octanol–water partition coefficient (Wildman–Crippen LogP) is 5.20. The van der Waals surface area contributed by atoms with Gasteiger partial charge in [0.2, 0.25) is 10.0 Å². The van der Waals surface area contributed by atoms with Crippen molar-refractivity contribution in [3.05, 3.63) is 78.0 Å². The van der Waals surface area contributed by atoms with Gasteiger partial charge in [0.15, 0.2) is 0 Å². The molecule has 0 aliphatic carbocycles. The fourth-order valence-corrected chi connectivity index (χ4v) is 4.22. The molecule has 0 unspecified atom stereocenters. The van der Waals surface area contributed by atoms with Crippen LogP contribution in [0.3, 0.4) is 0 Å². The summed E-state index contributed by atoms with van der Waals surface area (Å²) in [5.74, 6) is 0. The summed E-state index contributed by atoms with van der Waals surface area (Å²) in [6, 6.07) is 17.3. The van der Waals surface area contributed by atoms with Crippen LogP contribution < -0.4 is 4.72 Å². The normalized spacial score (nSPS) is 12.3. The molecule has 0 fully saturated rings. The Morgan fingerprint density at radius 1 is 0.844 bits per heavy atom. The fraction of sp³-hybridized carbons (Fsp3) is 0.130. The van der Waals surface area contributed by atoms with E-state index < -0.39 is 21.8 Å². The second-order valence-corrected chi connectivity index (χ2v) is 9.03. The molecule has 0 amide bonds. The third-order valence-electron chi connectivity index (χ3n) is 5.08. The highest BCUT2D eigenvalue weighted by molar-refractivity contribution is 7.89. The van der Waals surface area contributed by atoms with Gasteiger partial charge in [-0.05, 0) is 49.4 Å². The lowest BCUT2D eigenvalue weighted by atomic mass is 10.0. The van der Waals surface area contributed by atoms with E-state index in [1.54, 1.807) is 49.4 Å². The van der Waals surface area contributed by atoms with Crippen LogP contribution in [-0.2, 0) is 16.2 Å². The van der Waals surface area contributed by atoms with Gasteiger partial charge in [-0.15, -0.1) is 0 Å². The van der Waals surface area contributed by atoms with Gasteiger partial charge in [-0.1, -0.05) is 42.5 Å². The highest BCUT2D eigenvalue weighted by atomic mass is 32.2. The van der Waals surface area contributed by atoms with Crippen molar-refractivity contribution in [2.24, 2.45) is 0 Å². The molecule has 0 saturated carbocycles. The Bertz CT molecular complexity index is 1420. The number of fused-ring (bicyclic) bond motifs is 1. The molecule has 164 valence electrons. The Balaban J connectivity index is 1.77. The maximum atomic E-state index is 13.4. The van der Waals surface area contributed by atoms with Gasteiger partial charge in [-0.25, -0.2) is 23.1 Å². The maximum absolute atomic E-state index is 13.4. The van der Waals surface area contributed by atoms with Crippen molar-refractivity contribution in [3.63, 3.8) is 0 Å². The van der Waals surface area contributed by atoms with E-state index in [4.69, 9.17) is 0 Å². The van der Waals surface area contributed by atoms with Crippen molar-refractivity contribution < 1.29 is 21.6 Å². The summed E-state index contributed by atoms with van der Waals surface area (Å²) in [5, 5.41) is 0. The van der Waals surface area contributed by atoms with Crippen molar-refractivity contribution in [2.75, 3.05) is 7.05 Å². The largest absolute Gasteiger partial charge is 0.418 e. The molecular formula is C23H18F3N3O2S. The summed E-state index contributed by atoms with van der Waals surface area (Å²) in [6.45, 7) is 1.70. The number of sulfonamides is 1. The number of halogens is 3. The zero-order valence-corrected chi connectivity index (χ0v) is 17.9. The van der Waals surface area contributed by atoms with E-state index in [0.29, 0.717) is 22.5 Å². The SMILES string of the molecule is CNS(=O)(=O)c1cccc(-c2ccc(-c3nc4c(C(F)(F)F)cccc4nc3C)cc2)c1. The van der Waals surface area contributed by atoms with E-state index in [2.05, 4.69) is 14.7 Å². The molecule has 1 N–H and O–H groups in total. The monoisotopic (exact) mass is 457 g/mol. The van der Waals surface area contributed by atoms with Crippen LogP contribution in [0.5, 0.6) is 0 Å². The lowest BCUT2D eigenvalue weighted by Crippen LogP contribution is -2.18. The molecule has 0 saturated heterocycles. The van der Waals surface area contributed by atoms with Crippen molar-refractivity contribution in [2.45, 2.75) is 18.0 Å². The number of hydrogen-bond acceptors (Lipinski definition) is 4. The molecule has 5 nitrogen and oxygen atoms in total. The number of hydrogen-bond donors (Lipinski definition) is 1. The first-order valence-corrected chi connectivity index (χ1v) is 11.1. The molecule has 9 heteroatoms. The first kappa shape index (κ1) is 21.9. The molecule has 3 aromatic carbocycles. The van der Waals surface area contributed by atoms with Gasteiger partial charge in [0, 0.05) is 5.56 Å². The number of para-hydroxylation sites is 1. The molecule has 0 bridgehead atoms. The summed E-state index contributed by atoms with van der Waals surface area (Å²) in [5.41, 5.74) is 2.06. The summed E-state index contributed by atoms with van der Waals surface area (Å²) in [4.78, 5) is 8.76. The molecule has 0 radical (unpaired) electrons. The number of nitrogens with zero attached hydrogens (tertiary/aromatic N) is 2. The average Bonchev–Trinajstić information content (AvgIpc) is 2.77. The van der Waals surface area contributed by atoms with Crippen LogP contribution in [0.25, 0.3) is 33.4 Å². The average molecular weight is 457 g/mol. The van der Waals surface area contributed by atoms with Crippen LogP contribution in [0.4, 0.5) is 13.2 Å². The Morgan fingerprint density at radius 3 is 2.16 bits per heavy atom. The highest BCUT2D eigenvalue weighted by Crippen LogP contribution is 2.35. The number of aryl methyl sites for hydroxylation is 1. The van der Waals surface area contributed by atoms with Gasteiger partial charge in [-0.2, -0.15) is 13.2 Å². The van der Waals surface area contributed by atoms with E-state index in [1.807, 2.05) is 0 Å². The quantitative estimate of drug-likeness (QED) is 0.457. The Labute approximate surface area is 183 Å². The van der Waals surface area contributed by atoms with E-state index in [1.165, 1.54) is 25.2 Å². The number of aromatic nitrogens is 2. The number of benzene rings is 3. The summed E-state index contributed by atoms with van der Waals surface area (Å²) in [7, 11) is -2.24. The number of rotatable bonds is 4. The van der Waals surface area contributed by atoms with Crippen LogP contribution in [0, 0.1) is 6.92 Å². The molecule has 1 heterocycles. The number of nitrogens with one attached hydrogen (secondary N) is 1. The third-order valence-corrected chi connectivity index (χ3v) is 6.49. The van der Waals surface area contributed by atoms with E-state index in [-0.39, 0.29) is 15.9 Å². The summed E-state index contributed by atoms with van der Waals surface area (Å²) >= 11 is 0. The van der Waals surface area contributed by atoms with Crippen LogP contribution in [0.15, 0.2) is 71.6 Å². The third kappa shape index (κ3) is 4.09. The van der Waals surface area contributed by atoms with Gasteiger partial charge in [0.1, 0.15) is 5.52 Å². The molecule has 1 aromatic heterocycles. The topological polar surface area (TPSA) is 72.0 Å². The van der Waals surface area contributed by atoms with Crippen LogP contribution in [-0.4, -0.2) is 25.4 Å². The van der Waals surface area contributed by atoms with Gasteiger partial charge in [0.25, 0.3) is 0 Å². The standard InChI is InChI=1S/C23H18F3N3O2S/c1-14-21(29-22-19(23(24,25)26)7-4-8-20(22)28-14)16-11-9-15(10-12-16)17-5-3-6-18(13-17)32(30,31)27-2/h3-13,27H,1-2H3. The lowest BCUT2D eigenvalue weighted by molar-refractivity contribution is -0.136. The molecule has 0 aliphatic heterocycles.